The maximum absolute atomic E-state index is 12.6. The van der Waals surface area contributed by atoms with E-state index in [-0.39, 0.29) is 18.9 Å². The van der Waals surface area contributed by atoms with Crippen LogP contribution in [-0.2, 0) is 25.5 Å². The normalized spacial score (nSPS) is 16.8. The van der Waals surface area contributed by atoms with Crippen molar-refractivity contribution in [3.63, 3.8) is 0 Å². The van der Waals surface area contributed by atoms with Gasteiger partial charge in [-0.05, 0) is 43.2 Å². The van der Waals surface area contributed by atoms with Crippen LogP contribution in [0.15, 0.2) is 48.5 Å². The van der Waals surface area contributed by atoms with E-state index in [1.807, 2.05) is 24.3 Å². The first kappa shape index (κ1) is 21.4. The summed E-state index contributed by atoms with van der Waals surface area (Å²) in [6.07, 6.45) is -0.0249. The molecule has 1 N–H and O–H groups in total. The second-order valence-electron chi connectivity index (χ2n) is 7.19. The summed E-state index contributed by atoms with van der Waals surface area (Å²) >= 11 is 0. The van der Waals surface area contributed by atoms with Gasteiger partial charge >= 0.3 is 5.97 Å². The van der Waals surface area contributed by atoms with Crippen LogP contribution in [0.3, 0.4) is 0 Å². The first-order valence-electron chi connectivity index (χ1n) is 9.96. The molecule has 1 aliphatic heterocycles. The van der Waals surface area contributed by atoms with Crippen LogP contribution < -0.4 is 15.0 Å². The van der Waals surface area contributed by atoms with Crippen molar-refractivity contribution in [2.24, 2.45) is 5.92 Å². The molecule has 2 aromatic carbocycles. The number of anilines is 2. The van der Waals surface area contributed by atoms with Gasteiger partial charge in [-0.25, -0.2) is 0 Å². The fourth-order valence-electron chi connectivity index (χ4n) is 3.33. The molecule has 7 heteroatoms. The SMILES string of the molecule is CCc1ccc(N2C[C@H](C(=O)O[C@H](C)C(=O)Nc3ccccc3OC)CC2=O)cc1. The predicted molar refractivity (Wildman–Crippen MR) is 113 cm³/mol. The lowest BCUT2D eigenvalue weighted by atomic mass is 10.1. The number of para-hydroxylation sites is 2. The van der Waals surface area contributed by atoms with E-state index in [0.717, 1.165) is 12.1 Å². The molecular formula is C23H26N2O5. The summed E-state index contributed by atoms with van der Waals surface area (Å²) in [6, 6.07) is 14.7. The minimum atomic E-state index is -1.00. The smallest absolute Gasteiger partial charge is 0.312 e. The van der Waals surface area contributed by atoms with Crippen molar-refractivity contribution in [2.75, 3.05) is 23.9 Å². The second-order valence-corrected chi connectivity index (χ2v) is 7.19. The molecule has 3 rings (SSSR count). The van der Waals surface area contributed by atoms with Gasteiger partial charge in [-0.15, -0.1) is 0 Å². The Morgan fingerprint density at radius 3 is 2.53 bits per heavy atom. The van der Waals surface area contributed by atoms with Gasteiger partial charge in [0.2, 0.25) is 5.91 Å². The van der Waals surface area contributed by atoms with Crippen molar-refractivity contribution < 1.29 is 23.9 Å². The molecule has 0 unspecified atom stereocenters. The maximum atomic E-state index is 12.6. The Morgan fingerprint density at radius 2 is 1.87 bits per heavy atom. The van der Waals surface area contributed by atoms with Crippen LogP contribution in [0.2, 0.25) is 0 Å². The van der Waals surface area contributed by atoms with E-state index >= 15 is 0 Å². The lowest BCUT2D eigenvalue weighted by Crippen LogP contribution is -2.33. The van der Waals surface area contributed by atoms with Crippen LogP contribution in [0.4, 0.5) is 11.4 Å². The third kappa shape index (κ3) is 4.79. The number of carbonyl (C=O) groups is 3. The van der Waals surface area contributed by atoms with E-state index < -0.39 is 23.9 Å². The third-order valence-corrected chi connectivity index (χ3v) is 5.14. The molecule has 30 heavy (non-hydrogen) atoms. The number of nitrogens with one attached hydrogen (secondary N) is 1. The number of ether oxygens (including phenoxy) is 2. The zero-order valence-corrected chi connectivity index (χ0v) is 17.4. The summed E-state index contributed by atoms with van der Waals surface area (Å²) in [6.45, 7) is 3.80. The fraction of sp³-hybridized carbons (Fsp3) is 0.348. The highest BCUT2D eigenvalue weighted by molar-refractivity contribution is 6.00. The fourth-order valence-corrected chi connectivity index (χ4v) is 3.33. The number of hydrogen-bond donors (Lipinski definition) is 1. The van der Waals surface area contributed by atoms with Gasteiger partial charge in [-0.1, -0.05) is 31.2 Å². The Hall–Kier alpha value is -3.35. The highest BCUT2D eigenvalue weighted by Crippen LogP contribution is 2.27. The lowest BCUT2D eigenvalue weighted by molar-refractivity contribution is -0.157. The Labute approximate surface area is 176 Å². The van der Waals surface area contributed by atoms with E-state index in [4.69, 9.17) is 9.47 Å². The molecule has 1 saturated heterocycles. The summed E-state index contributed by atoms with van der Waals surface area (Å²) in [4.78, 5) is 39.0. The van der Waals surface area contributed by atoms with E-state index in [0.29, 0.717) is 11.4 Å². The van der Waals surface area contributed by atoms with Crippen LogP contribution >= 0.6 is 0 Å². The van der Waals surface area contributed by atoms with E-state index in [1.165, 1.54) is 19.6 Å². The van der Waals surface area contributed by atoms with Crippen molar-refractivity contribution in [3.05, 3.63) is 54.1 Å². The highest BCUT2D eigenvalue weighted by Gasteiger charge is 2.37. The zero-order chi connectivity index (χ0) is 21.7. The Bertz CT molecular complexity index is 925. The minimum absolute atomic E-state index is 0.0647. The molecule has 0 aliphatic carbocycles. The average Bonchev–Trinajstić information content (AvgIpc) is 3.15. The first-order chi connectivity index (χ1) is 14.4. The Balaban J connectivity index is 1.58. The lowest BCUT2D eigenvalue weighted by Gasteiger charge is -2.18. The molecule has 1 aliphatic rings. The van der Waals surface area contributed by atoms with E-state index in [9.17, 15) is 14.4 Å². The largest absolute Gasteiger partial charge is 0.495 e. The van der Waals surface area contributed by atoms with Gasteiger partial charge in [0, 0.05) is 18.7 Å². The monoisotopic (exact) mass is 410 g/mol. The van der Waals surface area contributed by atoms with Gasteiger partial charge in [0.25, 0.3) is 5.91 Å². The standard InChI is InChI=1S/C23H26N2O5/c1-4-16-9-11-18(12-10-16)25-14-17(13-21(25)26)23(28)30-15(2)22(27)24-19-7-5-6-8-20(19)29-3/h5-12,15,17H,4,13-14H2,1-3H3,(H,24,27)/t15-,17-/m1/s1. The number of esters is 1. The molecule has 0 aromatic heterocycles. The van der Waals surface area contributed by atoms with E-state index in [1.54, 1.807) is 29.2 Å². The van der Waals surface area contributed by atoms with Crippen molar-refractivity contribution in [2.45, 2.75) is 32.8 Å². The quantitative estimate of drug-likeness (QED) is 0.709. The van der Waals surface area contributed by atoms with Crippen molar-refractivity contribution in [3.8, 4) is 5.75 Å². The Morgan fingerprint density at radius 1 is 1.17 bits per heavy atom. The van der Waals surface area contributed by atoms with Crippen molar-refractivity contribution in [1.29, 1.82) is 0 Å². The van der Waals surface area contributed by atoms with Crippen LogP contribution in [-0.4, -0.2) is 37.5 Å². The number of rotatable bonds is 7. The summed E-state index contributed by atoms with van der Waals surface area (Å²) in [5, 5.41) is 2.69. The summed E-state index contributed by atoms with van der Waals surface area (Å²) in [5.74, 6) is -1.25. The maximum Gasteiger partial charge on any atom is 0.312 e. The molecule has 0 spiro atoms. The predicted octanol–water partition coefficient (Wildman–Crippen LogP) is 3.18. The number of aryl methyl sites for hydroxylation is 1. The second kappa shape index (κ2) is 9.43. The van der Waals surface area contributed by atoms with Gasteiger partial charge in [-0.2, -0.15) is 0 Å². The summed E-state index contributed by atoms with van der Waals surface area (Å²) in [5.41, 5.74) is 2.43. The van der Waals surface area contributed by atoms with Crippen LogP contribution in [0.1, 0.15) is 25.8 Å². The molecule has 2 aromatic rings. The van der Waals surface area contributed by atoms with Crippen LogP contribution in [0, 0.1) is 5.92 Å². The minimum Gasteiger partial charge on any atom is -0.495 e. The van der Waals surface area contributed by atoms with Crippen molar-refractivity contribution >= 4 is 29.2 Å². The average molecular weight is 410 g/mol. The molecule has 0 bridgehead atoms. The summed E-state index contributed by atoms with van der Waals surface area (Å²) in [7, 11) is 1.51. The van der Waals surface area contributed by atoms with E-state index in [2.05, 4.69) is 12.2 Å². The number of hydrogen-bond acceptors (Lipinski definition) is 5. The van der Waals surface area contributed by atoms with Crippen LogP contribution in [0.25, 0.3) is 0 Å². The van der Waals surface area contributed by atoms with Gasteiger partial charge in [-0.3, -0.25) is 14.4 Å². The number of nitrogens with zero attached hydrogens (tertiary/aromatic N) is 1. The molecule has 2 atom stereocenters. The topological polar surface area (TPSA) is 84.9 Å². The molecular weight excluding hydrogens is 384 g/mol. The molecule has 7 nitrogen and oxygen atoms in total. The molecule has 1 fully saturated rings. The van der Waals surface area contributed by atoms with Crippen molar-refractivity contribution in [1.82, 2.24) is 0 Å². The van der Waals surface area contributed by atoms with Gasteiger partial charge in [0.05, 0.1) is 18.7 Å². The number of amides is 2. The Kier molecular flexibility index (Phi) is 6.72. The number of benzene rings is 2. The van der Waals surface area contributed by atoms with Gasteiger partial charge in [0.1, 0.15) is 5.75 Å². The number of carbonyl (C=O) groups excluding carboxylic acids is 3. The first-order valence-corrected chi connectivity index (χ1v) is 9.96. The van der Waals surface area contributed by atoms with Crippen LogP contribution in [0.5, 0.6) is 5.75 Å². The molecule has 1 heterocycles. The number of methoxy groups -OCH3 is 1. The van der Waals surface area contributed by atoms with Gasteiger partial charge in [0.15, 0.2) is 6.10 Å². The highest BCUT2D eigenvalue weighted by atomic mass is 16.5. The third-order valence-electron chi connectivity index (χ3n) is 5.14. The molecule has 0 saturated carbocycles. The van der Waals surface area contributed by atoms with Gasteiger partial charge < -0.3 is 19.7 Å². The molecule has 2 amide bonds. The molecule has 0 radical (unpaired) electrons. The summed E-state index contributed by atoms with van der Waals surface area (Å²) < 4.78 is 10.5. The molecule has 158 valence electrons. The zero-order valence-electron chi connectivity index (χ0n) is 17.4.